The van der Waals surface area contributed by atoms with Crippen molar-refractivity contribution in [1.82, 2.24) is 4.90 Å². The van der Waals surface area contributed by atoms with Gasteiger partial charge in [-0.3, -0.25) is 9.59 Å². The van der Waals surface area contributed by atoms with Gasteiger partial charge in [0.2, 0.25) is 5.91 Å². The van der Waals surface area contributed by atoms with E-state index in [1.807, 2.05) is 6.92 Å². The number of rotatable bonds is 6. The van der Waals surface area contributed by atoms with Crippen LogP contribution in [0, 0.1) is 11.8 Å². The molecule has 0 saturated heterocycles. The molecule has 0 radical (unpaired) electrons. The molecule has 0 aliphatic heterocycles. The van der Waals surface area contributed by atoms with Crippen molar-refractivity contribution in [3.63, 3.8) is 0 Å². The number of hydrogen-bond acceptors (Lipinski definition) is 4. The van der Waals surface area contributed by atoms with E-state index in [9.17, 15) is 18.0 Å². The second-order valence-corrected chi connectivity index (χ2v) is 8.14. The molecule has 1 aliphatic rings. The van der Waals surface area contributed by atoms with Gasteiger partial charge in [-0.15, -0.1) is 0 Å². The number of carboxylic acids is 1. The molecule has 1 N–H and O–H groups in total. The van der Waals surface area contributed by atoms with E-state index in [0.717, 1.165) is 0 Å². The van der Waals surface area contributed by atoms with Gasteiger partial charge in [-0.25, -0.2) is 8.42 Å². The fourth-order valence-corrected chi connectivity index (χ4v) is 4.09. The highest BCUT2D eigenvalue weighted by Gasteiger charge is 2.33. The van der Waals surface area contributed by atoms with E-state index in [4.69, 9.17) is 5.11 Å². The third-order valence-electron chi connectivity index (χ3n) is 4.13. The zero-order valence-electron chi connectivity index (χ0n) is 12.9. The molecule has 1 rings (SSSR count). The molecule has 6 nitrogen and oxygen atoms in total. The quantitative estimate of drug-likeness (QED) is 0.793. The van der Waals surface area contributed by atoms with Gasteiger partial charge in [0.1, 0.15) is 9.84 Å². The summed E-state index contributed by atoms with van der Waals surface area (Å²) < 4.78 is 22.8. The van der Waals surface area contributed by atoms with Gasteiger partial charge >= 0.3 is 5.97 Å². The van der Waals surface area contributed by atoms with Gasteiger partial charge < -0.3 is 10.0 Å². The van der Waals surface area contributed by atoms with E-state index in [1.54, 1.807) is 11.8 Å². The van der Waals surface area contributed by atoms with E-state index in [2.05, 4.69) is 0 Å². The maximum atomic E-state index is 12.5. The molecule has 1 saturated carbocycles. The standard InChI is InChI=1S/C14H25NO5S/c1-4-15(10(2)9-21(3,19)20)13(16)11-5-7-12(8-6-11)14(17)18/h10-12H,4-9H2,1-3H3,(H,17,18). The first-order valence-corrected chi connectivity index (χ1v) is 9.42. The van der Waals surface area contributed by atoms with Crippen LogP contribution in [0.2, 0.25) is 0 Å². The Morgan fingerprint density at radius 1 is 1.19 bits per heavy atom. The lowest BCUT2D eigenvalue weighted by Crippen LogP contribution is -2.45. The lowest BCUT2D eigenvalue weighted by atomic mass is 9.81. The normalized spacial score (nSPS) is 24.3. The first kappa shape index (κ1) is 17.9. The SMILES string of the molecule is CCN(C(=O)C1CCC(C(=O)O)CC1)C(C)CS(C)(=O)=O. The molecule has 1 amide bonds. The average molecular weight is 319 g/mol. The van der Waals surface area contributed by atoms with Crippen LogP contribution in [0.15, 0.2) is 0 Å². The Bertz CT molecular complexity index is 480. The predicted octanol–water partition coefficient (Wildman–Crippen LogP) is 1.16. The highest BCUT2D eigenvalue weighted by molar-refractivity contribution is 7.90. The Kier molecular flexibility index (Phi) is 6.19. The molecule has 1 aliphatic carbocycles. The number of carbonyl (C=O) groups is 2. The number of nitrogens with zero attached hydrogens (tertiary/aromatic N) is 1. The zero-order chi connectivity index (χ0) is 16.2. The number of carboxylic acid groups (broad SMARTS) is 1. The summed E-state index contributed by atoms with van der Waals surface area (Å²) in [6.07, 6.45) is 3.34. The lowest BCUT2D eigenvalue weighted by Gasteiger charge is -2.33. The van der Waals surface area contributed by atoms with Gasteiger partial charge in [-0.05, 0) is 39.5 Å². The molecular formula is C14H25NO5S. The van der Waals surface area contributed by atoms with Gasteiger partial charge in [0.15, 0.2) is 0 Å². The summed E-state index contributed by atoms with van der Waals surface area (Å²) >= 11 is 0. The number of sulfone groups is 1. The van der Waals surface area contributed by atoms with Crippen LogP contribution in [0.4, 0.5) is 0 Å². The summed E-state index contributed by atoms with van der Waals surface area (Å²) in [4.78, 5) is 25.0. The van der Waals surface area contributed by atoms with Crippen molar-refractivity contribution < 1.29 is 23.1 Å². The molecule has 0 bridgehead atoms. The van der Waals surface area contributed by atoms with Gasteiger partial charge in [0.25, 0.3) is 0 Å². The van der Waals surface area contributed by atoms with Gasteiger partial charge in [-0.1, -0.05) is 0 Å². The van der Waals surface area contributed by atoms with E-state index < -0.39 is 15.8 Å². The maximum Gasteiger partial charge on any atom is 0.306 e. The Balaban J connectivity index is 2.66. The van der Waals surface area contributed by atoms with E-state index in [1.165, 1.54) is 6.26 Å². The molecule has 7 heteroatoms. The minimum absolute atomic E-state index is 0.0440. The molecule has 1 unspecified atom stereocenters. The average Bonchev–Trinajstić information content (AvgIpc) is 2.37. The minimum atomic E-state index is -3.13. The molecule has 0 heterocycles. The Morgan fingerprint density at radius 3 is 2.05 bits per heavy atom. The van der Waals surface area contributed by atoms with Gasteiger partial charge in [-0.2, -0.15) is 0 Å². The Hall–Kier alpha value is -1.11. The lowest BCUT2D eigenvalue weighted by molar-refractivity contribution is -0.146. The third kappa shape index (κ3) is 5.30. The predicted molar refractivity (Wildman–Crippen MR) is 79.6 cm³/mol. The zero-order valence-corrected chi connectivity index (χ0v) is 13.7. The highest BCUT2D eigenvalue weighted by atomic mass is 32.2. The van der Waals surface area contributed by atoms with E-state index in [-0.39, 0.29) is 29.5 Å². The van der Waals surface area contributed by atoms with Crippen LogP contribution in [0.1, 0.15) is 39.5 Å². The fourth-order valence-electron chi connectivity index (χ4n) is 3.03. The smallest absolute Gasteiger partial charge is 0.306 e. The molecule has 21 heavy (non-hydrogen) atoms. The summed E-state index contributed by atoms with van der Waals surface area (Å²) in [5.74, 6) is -1.41. The van der Waals surface area contributed by atoms with Crippen molar-refractivity contribution in [3.05, 3.63) is 0 Å². The number of amides is 1. The molecule has 122 valence electrons. The van der Waals surface area contributed by atoms with Crippen molar-refractivity contribution in [2.75, 3.05) is 18.6 Å². The third-order valence-corrected chi connectivity index (χ3v) is 5.21. The first-order chi connectivity index (χ1) is 9.65. The number of aliphatic carboxylic acids is 1. The molecule has 0 aromatic rings. The molecule has 1 fully saturated rings. The largest absolute Gasteiger partial charge is 0.481 e. The fraction of sp³-hybridized carbons (Fsp3) is 0.857. The first-order valence-electron chi connectivity index (χ1n) is 7.36. The molecular weight excluding hydrogens is 294 g/mol. The topological polar surface area (TPSA) is 91.8 Å². The maximum absolute atomic E-state index is 12.5. The molecule has 1 atom stereocenters. The summed E-state index contributed by atoms with van der Waals surface area (Å²) in [7, 11) is -3.13. The van der Waals surface area contributed by atoms with Crippen molar-refractivity contribution in [2.24, 2.45) is 11.8 Å². The van der Waals surface area contributed by atoms with Crippen molar-refractivity contribution in [1.29, 1.82) is 0 Å². The number of hydrogen-bond donors (Lipinski definition) is 1. The second kappa shape index (κ2) is 7.24. The van der Waals surface area contributed by atoms with E-state index in [0.29, 0.717) is 32.2 Å². The molecule has 0 aromatic heterocycles. The summed E-state index contributed by atoms with van der Waals surface area (Å²) in [5, 5.41) is 8.97. The molecule has 0 aromatic carbocycles. The van der Waals surface area contributed by atoms with Crippen LogP contribution in [-0.4, -0.2) is 54.9 Å². The monoisotopic (exact) mass is 319 g/mol. The van der Waals surface area contributed by atoms with Crippen LogP contribution >= 0.6 is 0 Å². The van der Waals surface area contributed by atoms with Gasteiger partial charge in [0, 0.05) is 24.8 Å². The van der Waals surface area contributed by atoms with Crippen molar-refractivity contribution >= 4 is 21.7 Å². The summed E-state index contributed by atoms with van der Waals surface area (Å²) in [6, 6.07) is -0.352. The highest BCUT2D eigenvalue weighted by Crippen LogP contribution is 2.30. The summed E-state index contributed by atoms with van der Waals surface area (Å²) in [5.41, 5.74) is 0. The Morgan fingerprint density at radius 2 is 1.67 bits per heavy atom. The summed E-state index contributed by atoms with van der Waals surface area (Å²) in [6.45, 7) is 4.04. The van der Waals surface area contributed by atoms with E-state index >= 15 is 0 Å². The van der Waals surface area contributed by atoms with Crippen LogP contribution in [-0.2, 0) is 19.4 Å². The van der Waals surface area contributed by atoms with Gasteiger partial charge in [0.05, 0.1) is 11.7 Å². The van der Waals surface area contributed by atoms with Crippen LogP contribution in [0.3, 0.4) is 0 Å². The van der Waals surface area contributed by atoms with Crippen LogP contribution in [0.5, 0.6) is 0 Å². The number of carbonyl (C=O) groups excluding carboxylic acids is 1. The minimum Gasteiger partial charge on any atom is -0.481 e. The Labute approximate surface area is 126 Å². The van der Waals surface area contributed by atoms with Crippen LogP contribution in [0.25, 0.3) is 0 Å². The van der Waals surface area contributed by atoms with Crippen LogP contribution < -0.4 is 0 Å². The van der Waals surface area contributed by atoms with Crippen molar-refractivity contribution in [3.8, 4) is 0 Å². The van der Waals surface area contributed by atoms with Crippen molar-refractivity contribution in [2.45, 2.75) is 45.6 Å². The second-order valence-electron chi connectivity index (χ2n) is 5.95. The molecule has 0 spiro atoms.